The minimum Gasteiger partial charge on any atom is -0.338 e. The van der Waals surface area contributed by atoms with Crippen LogP contribution >= 0.6 is 0 Å². The lowest BCUT2D eigenvalue weighted by molar-refractivity contribution is 0.237. The molecule has 1 unspecified atom stereocenters. The number of hydrogen-bond acceptors (Lipinski definition) is 1. The Morgan fingerprint density at radius 3 is 2.72 bits per heavy atom. The van der Waals surface area contributed by atoms with E-state index < -0.39 is 0 Å². The molecule has 0 bridgehead atoms. The molecule has 3 nitrogen and oxygen atoms in total. The second-order valence-corrected chi connectivity index (χ2v) is 4.13. The van der Waals surface area contributed by atoms with Crippen molar-refractivity contribution >= 4 is 6.03 Å². The summed E-state index contributed by atoms with van der Waals surface area (Å²) in [5.41, 5.74) is 1.03. The summed E-state index contributed by atoms with van der Waals surface area (Å²) in [6.07, 6.45) is 7.88. The van der Waals surface area contributed by atoms with E-state index in [0.717, 1.165) is 18.4 Å². The van der Waals surface area contributed by atoms with Gasteiger partial charge in [-0.25, -0.2) is 4.79 Å². The number of amides is 2. The minimum atomic E-state index is -0.160. The third-order valence-electron chi connectivity index (χ3n) is 2.65. The van der Waals surface area contributed by atoms with Gasteiger partial charge >= 0.3 is 6.03 Å². The van der Waals surface area contributed by atoms with Crippen LogP contribution in [0.25, 0.3) is 0 Å². The number of unbranched alkanes of at least 4 members (excludes halogenated alkanes) is 1. The largest absolute Gasteiger partial charge is 0.338 e. The van der Waals surface area contributed by atoms with Gasteiger partial charge in [0, 0.05) is 13.0 Å². The summed E-state index contributed by atoms with van der Waals surface area (Å²) in [6.45, 7) is 2.78. The van der Waals surface area contributed by atoms with Gasteiger partial charge < -0.3 is 10.6 Å². The zero-order valence-corrected chi connectivity index (χ0v) is 10.8. The van der Waals surface area contributed by atoms with Crippen LogP contribution in [0.2, 0.25) is 0 Å². The summed E-state index contributed by atoms with van der Waals surface area (Å²) in [6, 6.07) is 9.47. The normalized spacial score (nSPS) is 11.3. The average Bonchev–Trinajstić information content (AvgIpc) is 2.39. The van der Waals surface area contributed by atoms with Crippen molar-refractivity contribution < 1.29 is 4.79 Å². The monoisotopic (exact) mass is 244 g/mol. The first kappa shape index (κ1) is 14.1. The quantitative estimate of drug-likeness (QED) is 0.586. The molecule has 0 aliphatic heterocycles. The van der Waals surface area contributed by atoms with E-state index in [-0.39, 0.29) is 12.1 Å². The highest BCUT2D eigenvalue weighted by Crippen LogP contribution is 2.15. The lowest BCUT2D eigenvalue weighted by atomic mass is 10.0. The fraction of sp³-hybridized carbons (Fsp3) is 0.400. The number of nitrogens with one attached hydrogen (secondary N) is 2. The number of urea groups is 1. The zero-order chi connectivity index (χ0) is 13.2. The Morgan fingerprint density at radius 1 is 1.39 bits per heavy atom. The van der Waals surface area contributed by atoms with Crippen molar-refractivity contribution in [3.05, 3.63) is 35.9 Å². The molecule has 3 heteroatoms. The predicted octanol–water partition coefficient (Wildman–Crippen LogP) is 2.85. The van der Waals surface area contributed by atoms with E-state index in [1.165, 1.54) is 0 Å². The summed E-state index contributed by atoms with van der Waals surface area (Å²) < 4.78 is 0. The van der Waals surface area contributed by atoms with Crippen molar-refractivity contribution in [2.75, 3.05) is 6.54 Å². The Kier molecular flexibility index (Phi) is 6.42. The van der Waals surface area contributed by atoms with Gasteiger partial charge in [-0.15, -0.1) is 12.3 Å². The molecular weight excluding hydrogens is 224 g/mol. The first-order valence-corrected chi connectivity index (χ1v) is 6.30. The number of terminal acetylenes is 1. The summed E-state index contributed by atoms with van der Waals surface area (Å²) in [4.78, 5) is 11.7. The number of benzene rings is 1. The second-order valence-electron chi connectivity index (χ2n) is 4.13. The van der Waals surface area contributed by atoms with Crippen LogP contribution in [0.15, 0.2) is 30.3 Å². The summed E-state index contributed by atoms with van der Waals surface area (Å²) in [5.74, 6) is 2.60. The van der Waals surface area contributed by atoms with Gasteiger partial charge in [0.15, 0.2) is 0 Å². The lowest BCUT2D eigenvalue weighted by Crippen LogP contribution is -2.38. The molecule has 18 heavy (non-hydrogen) atoms. The van der Waals surface area contributed by atoms with Crippen molar-refractivity contribution in [3.8, 4) is 12.3 Å². The van der Waals surface area contributed by atoms with Gasteiger partial charge in [0.05, 0.1) is 6.04 Å². The molecule has 2 amide bonds. The van der Waals surface area contributed by atoms with Crippen LogP contribution in [0.5, 0.6) is 0 Å². The van der Waals surface area contributed by atoms with Crippen molar-refractivity contribution in [1.82, 2.24) is 10.6 Å². The van der Waals surface area contributed by atoms with E-state index in [4.69, 9.17) is 6.42 Å². The summed E-state index contributed by atoms with van der Waals surface area (Å²) in [5, 5.41) is 5.72. The zero-order valence-electron chi connectivity index (χ0n) is 10.8. The van der Waals surface area contributed by atoms with Gasteiger partial charge in [0.2, 0.25) is 0 Å². The van der Waals surface area contributed by atoms with E-state index in [2.05, 4.69) is 23.5 Å². The summed E-state index contributed by atoms with van der Waals surface area (Å²) >= 11 is 0. The molecule has 0 aliphatic carbocycles. The van der Waals surface area contributed by atoms with E-state index >= 15 is 0 Å². The Hall–Kier alpha value is -1.95. The molecule has 1 aromatic carbocycles. The molecule has 1 aromatic rings. The molecule has 1 atom stereocenters. The highest BCUT2D eigenvalue weighted by Gasteiger charge is 2.12. The van der Waals surface area contributed by atoms with Gasteiger partial charge in [0.25, 0.3) is 0 Å². The molecule has 0 radical (unpaired) electrons. The molecule has 0 heterocycles. The maximum Gasteiger partial charge on any atom is 0.315 e. The van der Waals surface area contributed by atoms with Crippen LogP contribution in [0.4, 0.5) is 4.79 Å². The number of hydrogen-bond donors (Lipinski definition) is 2. The standard InChI is InChI=1S/C15H20N2O/c1-3-5-12-16-15(18)17-14(9-4-2)13-10-7-6-8-11-13/h2,6-8,10-11,14H,3,5,9,12H2,1H3,(H2,16,17,18). The first-order chi connectivity index (χ1) is 8.77. The minimum absolute atomic E-state index is 0.127. The smallest absolute Gasteiger partial charge is 0.315 e. The third kappa shape index (κ3) is 4.92. The number of rotatable bonds is 6. The molecule has 1 rings (SSSR count). The topological polar surface area (TPSA) is 41.1 Å². The Morgan fingerprint density at radius 2 is 2.11 bits per heavy atom. The van der Waals surface area contributed by atoms with Crippen LogP contribution in [-0.4, -0.2) is 12.6 Å². The predicted molar refractivity (Wildman–Crippen MR) is 74.1 cm³/mol. The molecule has 0 fully saturated rings. The van der Waals surface area contributed by atoms with E-state index in [0.29, 0.717) is 13.0 Å². The van der Waals surface area contributed by atoms with Gasteiger partial charge in [-0.3, -0.25) is 0 Å². The average molecular weight is 244 g/mol. The molecule has 0 aliphatic rings. The third-order valence-corrected chi connectivity index (χ3v) is 2.65. The molecule has 96 valence electrons. The van der Waals surface area contributed by atoms with Crippen molar-refractivity contribution in [1.29, 1.82) is 0 Å². The van der Waals surface area contributed by atoms with E-state index in [1.807, 2.05) is 30.3 Å². The number of carbonyl (C=O) groups is 1. The molecule has 2 N–H and O–H groups in total. The van der Waals surface area contributed by atoms with E-state index in [1.54, 1.807) is 0 Å². The highest BCUT2D eigenvalue weighted by molar-refractivity contribution is 5.74. The summed E-state index contributed by atoms with van der Waals surface area (Å²) in [7, 11) is 0. The molecule has 0 aromatic heterocycles. The molecule has 0 spiro atoms. The van der Waals surface area contributed by atoms with Gasteiger partial charge in [0.1, 0.15) is 0 Å². The van der Waals surface area contributed by atoms with Crippen LogP contribution in [-0.2, 0) is 0 Å². The van der Waals surface area contributed by atoms with Crippen molar-refractivity contribution in [2.45, 2.75) is 32.2 Å². The number of carbonyl (C=O) groups excluding carboxylic acids is 1. The second kappa shape index (κ2) is 8.19. The van der Waals surface area contributed by atoms with Gasteiger partial charge in [-0.05, 0) is 12.0 Å². The van der Waals surface area contributed by atoms with Crippen molar-refractivity contribution in [3.63, 3.8) is 0 Å². The molecule has 0 saturated heterocycles. The first-order valence-electron chi connectivity index (χ1n) is 6.30. The van der Waals surface area contributed by atoms with Crippen LogP contribution < -0.4 is 10.6 Å². The molecule has 0 saturated carbocycles. The Bertz CT molecular complexity index is 395. The van der Waals surface area contributed by atoms with Crippen LogP contribution in [0, 0.1) is 12.3 Å². The Balaban J connectivity index is 2.53. The van der Waals surface area contributed by atoms with Crippen LogP contribution in [0.1, 0.15) is 37.8 Å². The van der Waals surface area contributed by atoms with Crippen LogP contribution in [0.3, 0.4) is 0 Å². The molecular formula is C15H20N2O. The fourth-order valence-electron chi connectivity index (χ4n) is 1.64. The van der Waals surface area contributed by atoms with Gasteiger partial charge in [-0.1, -0.05) is 43.7 Å². The highest BCUT2D eigenvalue weighted by atomic mass is 16.2. The van der Waals surface area contributed by atoms with Gasteiger partial charge in [-0.2, -0.15) is 0 Å². The van der Waals surface area contributed by atoms with Crippen molar-refractivity contribution in [2.24, 2.45) is 0 Å². The maximum atomic E-state index is 11.7. The maximum absolute atomic E-state index is 11.7. The van der Waals surface area contributed by atoms with E-state index in [9.17, 15) is 4.79 Å². The lowest BCUT2D eigenvalue weighted by Gasteiger charge is -2.17. The Labute approximate surface area is 109 Å². The fourth-order valence-corrected chi connectivity index (χ4v) is 1.64. The SMILES string of the molecule is C#CCC(NC(=O)NCCCC)c1ccccc1.